The summed E-state index contributed by atoms with van der Waals surface area (Å²) in [6, 6.07) is 14.2. The molecule has 10 nitrogen and oxygen atoms in total. The number of carbonyl (C=O) groups excluding carboxylic acids is 3. The van der Waals surface area contributed by atoms with Crippen LogP contribution in [0, 0.1) is 6.92 Å². The molecule has 3 aromatic heterocycles. The number of nitrogens with zero attached hydrogens (tertiary/aromatic N) is 3. The molecule has 6 rings (SSSR count). The van der Waals surface area contributed by atoms with Gasteiger partial charge in [0.25, 0.3) is 5.91 Å². The van der Waals surface area contributed by atoms with Crippen molar-refractivity contribution in [2.24, 2.45) is 0 Å². The number of aromatic nitrogens is 2. The summed E-state index contributed by atoms with van der Waals surface area (Å²) in [6.07, 6.45) is 3.89. The number of rotatable bonds is 6. The Morgan fingerprint density at radius 1 is 1.02 bits per heavy atom. The number of aryl methyl sites for hydroxylation is 1. The Balaban J connectivity index is 0.00000194. The zero-order valence-corrected chi connectivity index (χ0v) is 25.2. The zero-order valence-electron chi connectivity index (χ0n) is 22.4. The van der Waals surface area contributed by atoms with Crippen LogP contribution in [-0.2, 0) is 4.79 Å². The van der Waals surface area contributed by atoms with E-state index in [4.69, 9.17) is 4.74 Å². The second-order valence-electron chi connectivity index (χ2n) is 9.63. The normalized spacial score (nSPS) is 17.2. The Kier molecular flexibility index (Phi) is 9.10. The number of amides is 4. The first kappa shape index (κ1) is 30.2. The van der Waals surface area contributed by atoms with Crippen LogP contribution in [0.15, 0.2) is 54.7 Å². The van der Waals surface area contributed by atoms with Crippen molar-refractivity contribution in [2.45, 2.75) is 45.2 Å². The maximum atomic E-state index is 13.5. The van der Waals surface area contributed by atoms with Gasteiger partial charge in [0.2, 0.25) is 11.8 Å². The van der Waals surface area contributed by atoms with E-state index in [1.807, 2.05) is 37.3 Å². The van der Waals surface area contributed by atoms with Crippen LogP contribution in [0.2, 0.25) is 0 Å². The summed E-state index contributed by atoms with van der Waals surface area (Å²) < 4.78 is 5.85. The highest BCUT2D eigenvalue weighted by Crippen LogP contribution is 2.46. The van der Waals surface area contributed by atoms with Crippen LogP contribution in [0.3, 0.4) is 0 Å². The van der Waals surface area contributed by atoms with E-state index in [1.54, 1.807) is 29.3 Å². The molecule has 1 saturated carbocycles. The predicted molar refractivity (Wildman–Crippen MR) is 170 cm³/mol. The summed E-state index contributed by atoms with van der Waals surface area (Å²) in [5.41, 5.74) is 2.29. The van der Waals surface area contributed by atoms with Crippen LogP contribution in [0.25, 0.3) is 10.2 Å². The molecule has 1 aromatic carbocycles. The Labute approximate surface area is 254 Å². The van der Waals surface area contributed by atoms with Gasteiger partial charge >= 0.3 is 6.03 Å². The first-order valence-electron chi connectivity index (χ1n) is 12.7. The van der Waals surface area contributed by atoms with E-state index in [1.165, 1.54) is 18.3 Å². The highest BCUT2D eigenvalue weighted by molar-refractivity contribution is 7.59. The number of pyridine rings is 2. The quantitative estimate of drug-likeness (QED) is 0.265. The first-order valence-corrected chi connectivity index (χ1v) is 13.5. The third-order valence-electron chi connectivity index (χ3n) is 6.87. The van der Waals surface area contributed by atoms with Gasteiger partial charge in [0, 0.05) is 31.3 Å². The van der Waals surface area contributed by atoms with Gasteiger partial charge in [-0.2, -0.15) is 27.0 Å². The van der Waals surface area contributed by atoms with E-state index in [0.29, 0.717) is 55.9 Å². The smallest absolute Gasteiger partial charge is 0.331 e. The average Bonchev–Trinajstić information content (AvgIpc) is 3.50. The fourth-order valence-electron chi connectivity index (χ4n) is 5.20. The van der Waals surface area contributed by atoms with Crippen molar-refractivity contribution in [2.75, 3.05) is 10.2 Å². The molecule has 13 heteroatoms. The molecule has 4 amide bonds. The van der Waals surface area contributed by atoms with Crippen molar-refractivity contribution < 1.29 is 19.1 Å². The number of urea groups is 1. The minimum atomic E-state index is -0.393. The highest BCUT2D eigenvalue weighted by Gasteiger charge is 2.35. The number of thiophene rings is 1. The first-order chi connectivity index (χ1) is 18.9. The Bertz CT molecular complexity index is 1610. The minimum absolute atomic E-state index is 0. The summed E-state index contributed by atoms with van der Waals surface area (Å²) in [6.45, 7) is 3.31. The lowest BCUT2D eigenvalue weighted by atomic mass is 10.1. The van der Waals surface area contributed by atoms with Crippen LogP contribution < -0.4 is 25.6 Å². The van der Waals surface area contributed by atoms with Gasteiger partial charge in [0.1, 0.15) is 15.5 Å². The maximum Gasteiger partial charge on any atom is 0.331 e. The summed E-state index contributed by atoms with van der Waals surface area (Å²) in [5, 5.41) is 9.62. The third-order valence-corrected chi connectivity index (χ3v) is 7.96. The number of nitrogens with one attached hydrogen (secondary N) is 3. The average molecular weight is 611 g/mol. The SMILES string of the molecule is CC(=O)N[C@H]1CC[C@H](NC(=O)c2sc3nccc4c3c2NC(=O)N4c2ccc(Oc3ccccc3)nc2C)C1.S.S. The standard InChI is InChI=1S/C28H26N6O4S.2H2S/c1-15-20(10-11-22(30-15)38-19-6-4-3-5-7-19)34-21-12-13-29-27-23(21)24(33-28(34)37)25(39-27)26(36)32-18-9-8-17(14-18)31-16(2)35;;/h3-7,10-13,17-18H,8-9,14H2,1-2H3,(H,31,35)(H,32,36)(H,33,37);2*1H2/t17-,18-;;/m0../s1. The molecule has 2 atom stereocenters. The van der Waals surface area contributed by atoms with E-state index in [2.05, 4.69) is 25.9 Å². The number of anilines is 3. The van der Waals surface area contributed by atoms with Crippen LogP contribution in [0.5, 0.6) is 11.6 Å². The second-order valence-corrected chi connectivity index (χ2v) is 10.6. The maximum absolute atomic E-state index is 13.5. The molecule has 3 N–H and O–H groups in total. The molecule has 0 bridgehead atoms. The van der Waals surface area contributed by atoms with Gasteiger partial charge in [-0.1, -0.05) is 18.2 Å². The molecule has 214 valence electrons. The third kappa shape index (κ3) is 5.97. The van der Waals surface area contributed by atoms with E-state index in [0.717, 1.165) is 12.8 Å². The van der Waals surface area contributed by atoms with E-state index in [9.17, 15) is 14.4 Å². The second kappa shape index (κ2) is 12.4. The van der Waals surface area contributed by atoms with Gasteiger partial charge in [-0.15, -0.1) is 11.3 Å². The molecular formula is C28H30N6O4S3. The zero-order chi connectivity index (χ0) is 27.1. The molecule has 1 aliphatic carbocycles. The minimum Gasteiger partial charge on any atom is -0.439 e. The molecule has 41 heavy (non-hydrogen) atoms. The van der Waals surface area contributed by atoms with Gasteiger partial charge in [-0.05, 0) is 50.5 Å². The lowest BCUT2D eigenvalue weighted by Gasteiger charge is -2.29. The van der Waals surface area contributed by atoms with Crippen molar-refractivity contribution in [3.05, 3.63) is 65.3 Å². The lowest BCUT2D eigenvalue weighted by molar-refractivity contribution is -0.119. The van der Waals surface area contributed by atoms with Crippen molar-refractivity contribution in [3.8, 4) is 11.6 Å². The largest absolute Gasteiger partial charge is 0.439 e. The summed E-state index contributed by atoms with van der Waals surface area (Å²) in [7, 11) is 0. The van der Waals surface area contributed by atoms with Crippen LogP contribution in [-0.4, -0.2) is 39.9 Å². The number of hydrogen-bond donors (Lipinski definition) is 3. The van der Waals surface area contributed by atoms with E-state index < -0.39 is 6.03 Å². The van der Waals surface area contributed by atoms with Gasteiger partial charge in [0.05, 0.1) is 28.1 Å². The lowest BCUT2D eigenvalue weighted by Crippen LogP contribution is -2.37. The predicted octanol–water partition coefficient (Wildman–Crippen LogP) is 5.49. The Hall–Kier alpha value is -3.81. The fourth-order valence-corrected chi connectivity index (χ4v) is 6.22. The van der Waals surface area contributed by atoms with Crippen molar-refractivity contribution in [1.82, 2.24) is 20.6 Å². The van der Waals surface area contributed by atoms with E-state index >= 15 is 0 Å². The molecule has 1 fully saturated rings. The molecule has 1 aliphatic heterocycles. The van der Waals surface area contributed by atoms with Crippen LogP contribution in [0.4, 0.5) is 21.9 Å². The van der Waals surface area contributed by atoms with Crippen molar-refractivity contribution >= 4 is 83.5 Å². The summed E-state index contributed by atoms with van der Waals surface area (Å²) in [4.78, 5) is 49.8. The van der Waals surface area contributed by atoms with E-state index in [-0.39, 0.29) is 50.9 Å². The van der Waals surface area contributed by atoms with Crippen molar-refractivity contribution in [1.29, 1.82) is 0 Å². The van der Waals surface area contributed by atoms with Gasteiger partial charge < -0.3 is 20.7 Å². The van der Waals surface area contributed by atoms with Crippen LogP contribution >= 0.6 is 38.3 Å². The van der Waals surface area contributed by atoms with Gasteiger partial charge in [-0.3, -0.25) is 14.5 Å². The fraction of sp³-hybridized carbons (Fsp3) is 0.250. The number of benzene rings is 1. The Morgan fingerprint density at radius 3 is 2.46 bits per heavy atom. The molecule has 0 spiro atoms. The molecule has 4 heterocycles. The number of ether oxygens (including phenoxy) is 1. The molecular weight excluding hydrogens is 581 g/mol. The number of hydrogen-bond acceptors (Lipinski definition) is 7. The topological polar surface area (TPSA) is 126 Å². The number of carbonyl (C=O) groups is 3. The highest BCUT2D eigenvalue weighted by atomic mass is 32.1. The summed E-state index contributed by atoms with van der Waals surface area (Å²) >= 11 is 1.24. The molecule has 2 aliphatic rings. The Morgan fingerprint density at radius 2 is 1.76 bits per heavy atom. The van der Waals surface area contributed by atoms with Crippen molar-refractivity contribution in [3.63, 3.8) is 0 Å². The molecule has 4 aromatic rings. The van der Waals surface area contributed by atoms with Crippen LogP contribution in [0.1, 0.15) is 41.6 Å². The molecule has 0 unspecified atom stereocenters. The molecule has 0 radical (unpaired) electrons. The summed E-state index contributed by atoms with van der Waals surface area (Å²) in [5.74, 6) is 0.750. The van der Waals surface area contributed by atoms with Gasteiger partial charge in [-0.25, -0.2) is 14.8 Å². The monoisotopic (exact) mass is 610 g/mol. The number of para-hydroxylation sites is 1. The van der Waals surface area contributed by atoms with Gasteiger partial charge in [0.15, 0.2) is 0 Å². The molecule has 0 saturated heterocycles.